The Balaban J connectivity index is 0.899. The fourth-order valence-electron chi connectivity index (χ4n) is 16.3. The molecule has 13 N–H and O–H groups in total. The second-order valence-corrected chi connectivity index (χ2v) is 25.7. The van der Waals surface area contributed by atoms with E-state index in [4.69, 9.17) is 37.9 Å². The van der Waals surface area contributed by atoms with Crippen LogP contribution >= 0.6 is 0 Å². The van der Waals surface area contributed by atoms with Gasteiger partial charge in [-0.15, -0.1) is 0 Å². The molecule has 0 aromatic carbocycles. The SMILES string of the molecule is CC1O[C@@H](OC2C(O)C(O)CO[C@H]2OC2CC[C@]3(C)[C@H]4CC=C5[C@H]6CC(C)(C)CC[C@]6(C(=O)O)CC[C@@]5(C)[C@]4(C)CC[C@@H]3[C@]2(C)CO)C(O)C(O[C@@H]2OC(CO)C(OC3OC(CO)C(O)C(O)C3O)C(O)C2O)C1O. The number of allylic oxidation sites excluding steroid dienone is 2. The van der Waals surface area contributed by atoms with Gasteiger partial charge < -0.3 is 104 Å². The summed E-state index contributed by atoms with van der Waals surface area (Å²) in [6.07, 6.45) is -22.4. The first-order chi connectivity index (χ1) is 35.2. The smallest absolute Gasteiger partial charge is 0.310 e. The van der Waals surface area contributed by atoms with Gasteiger partial charge in [0.25, 0.3) is 0 Å². The van der Waals surface area contributed by atoms with Crippen LogP contribution in [0.2, 0.25) is 0 Å². The van der Waals surface area contributed by atoms with Crippen LogP contribution in [0.5, 0.6) is 0 Å². The third-order valence-electron chi connectivity index (χ3n) is 21.2. The Morgan fingerprint density at radius 1 is 0.613 bits per heavy atom. The molecule has 0 bridgehead atoms. The number of aliphatic hydroxyl groups excluding tert-OH is 12. The van der Waals surface area contributed by atoms with E-state index < -0.39 is 153 Å². The van der Waals surface area contributed by atoms with E-state index in [2.05, 4.69) is 40.7 Å². The van der Waals surface area contributed by atoms with Gasteiger partial charge in [-0.1, -0.05) is 53.2 Å². The van der Waals surface area contributed by atoms with Crippen molar-refractivity contribution in [3.05, 3.63) is 11.6 Å². The number of aliphatic carboxylic acids is 1. The van der Waals surface area contributed by atoms with Gasteiger partial charge in [0, 0.05) is 5.41 Å². The van der Waals surface area contributed by atoms with Crippen molar-refractivity contribution < 1.29 is 109 Å². The van der Waals surface area contributed by atoms with Gasteiger partial charge in [0.05, 0.1) is 44.1 Å². The van der Waals surface area contributed by atoms with Crippen LogP contribution in [0.1, 0.15) is 113 Å². The van der Waals surface area contributed by atoms with E-state index in [1.54, 1.807) is 0 Å². The average molecular weight is 1080 g/mol. The molecule has 22 nitrogen and oxygen atoms in total. The number of hydrogen-bond donors (Lipinski definition) is 13. The molecular formula is C53H86O22. The molecule has 4 saturated heterocycles. The Hall–Kier alpha value is -1.59. The molecule has 75 heavy (non-hydrogen) atoms. The number of ether oxygens (including phenoxy) is 8. The van der Waals surface area contributed by atoms with Crippen molar-refractivity contribution in [2.45, 2.75) is 235 Å². The van der Waals surface area contributed by atoms with Crippen molar-refractivity contribution in [3.63, 3.8) is 0 Å². The Bertz CT molecular complexity index is 2060. The maximum Gasteiger partial charge on any atom is 0.310 e. The summed E-state index contributed by atoms with van der Waals surface area (Å²) in [5.74, 6) is -0.514. The topological polar surface area (TPSA) is 354 Å². The Kier molecular flexibility index (Phi) is 16.3. The number of carboxylic acid groups (broad SMARTS) is 1. The van der Waals surface area contributed by atoms with E-state index in [-0.39, 0.29) is 52.6 Å². The molecule has 0 amide bonds. The molecule has 0 aromatic heterocycles. The van der Waals surface area contributed by atoms with Gasteiger partial charge in [-0.05, 0) is 111 Å². The number of carboxylic acids is 1. The van der Waals surface area contributed by atoms with E-state index in [0.717, 1.165) is 44.9 Å². The third-order valence-corrected chi connectivity index (χ3v) is 21.2. The summed E-state index contributed by atoms with van der Waals surface area (Å²) in [7, 11) is 0. The van der Waals surface area contributed by atoms with Crippen LogP contribution in [0.3, 0.4) is 0 Å². The molecule has 4 aliphatic heterocycles. The lowest BCUT2D eigenvalue weighted by molar-refractivity contribution is -0.390. The number of carbonyl (C=O) groups is 1. The van der Waals surface area contributed by atoms with Crippen molar-refractivity contribution in [2.24, 2.45) is 50.2 Å². The monoisotopic (exact) mass is 1070 g/mol. The largest absolute Gasteiger partial charge is 0.481 e. The van der Waals surface area contributed by atoms with E-state index in [1.165, 1.54) is 12.5 Å². The molecule has 4 heterocycles. The normalized spacial score (nSPS) is 54.9. The molecule has 8 fully saturated rings. The highest BCUT2D eigenvalue weighted by atomic mass is 16.8. The first-order valence-corrected chi connectivity index (χ1v) is 27.3. The zero-order valence-electron chi connectivity index (χ0n) is 44.2. The molecule has 9 aliphatic rings. The van der Waals surface area contributed by atoms with Crippen molar-refractivity contribution in [3.8, 4) is 0 Å². The van der Waals surface area contributed by atoms with Crippen LogP contribution in [0.4, 0.5) is 0 Å². The fraction of sp³-hybridized carbons (Fsp3) is 0.943. The minimum atomic E-state index is -2.01. The van der Waals surface area contributed by atoms with Gasteiger partial charge >= 0.3 is 5.97 Å². The highest BCUT2D eigenvalue weighted by Crippen LogP contribution is 2.76. The number of hydrogen-bond acceptors (Lipinski definition) is 21. The predicted octanol–water partition coefficient (Wildman–Crippen LogP) is -0.830. The molecule has 9 rings (SSSR count). The maximum absolute atomic E-state index is 13.2. The van der Waals surface area contributed by atoms with Crippen molar-refractivity contribution >= 4 is 5.97 Å². The lowest BCUT2D eigenvalue weighted by Crippen LogP contribution is -2.67. The molecule has 22 heteroatoms. The highest BCUT2D eigenvalue weighted by Gasteiger charge is 2.70. The van der Waals surface area contributed by atoms with Gasteiger partial charge in [0.2, 0.25) is 0 Å². The first kappa shape index (κ1) is 58.1. The predicted molar refractivity (Wildman–Crippen MR) is 257 cm³/mol. The van der Waals surface area contributed by atoms with Crippen molar-refractivity contribution in [1.29, 1.82) is 0 Å². The maximum atomic E-state index is 13.2. The van der Waals surface area contributed by atoms with Gasteiger partial charge in [-0.25, -0.2) is 0 Å². The molecule has 430 valence electrons. The zero-order chi connectivity index (χ0) is 54.7. The standard InChI is InChI=1S/C53H86O22/c1-23-32(58)41(74-44-38(64)36(62)40(28(20-55)71-44)73-43-37(63)35(61)34(60)27(19-54)70-43)39(65)45(69-23)75-42-33(59)26(57)21-68-46(42)72-31-11-12-49(4)29(50(31,5)22-56)10-13-52(7)30(49)9-8-24-25-18-48(2,3)14-16-53(25,47(66)67)17-15-51(24,52)6/h8,23,25-46,54-65H,9-22H2,1-7H3,(H,66,67)/t23?,25-,26?,27?,28?,29+,30-,31?,32?,33?,34?,35?,36?,37?,38?,39?,40?,41?,42?,43?,44+,45+,46+,49+,50+,51-,52-,53+/m1/s1. The fourth-order valence-corrected chi connectivity index (χ4v) is 16.3. The summed E-state index contributed by atoms with van der Waals surface area (Å²) in [5.41, 5.74) is -0.839. The molecule has 0 radical (unpaired) electrons. The van der Waals surface area contributed by atoms with Crippen molar-refractivity contribution in [1.82, 2.24) is 0 Å². The zero-order valence-corrected chi connectivity index (χ0v) is 44.2. The van der Waals surface area contributed by atoms with Crippen LogP contribution in [0.25, 0.3) is 0 Å². The minimum absolute atomic E-state index is 0.0289. The summed E-state index contributed by atoms with van der Waals surface area (Å²) in [6, 6.07) is 0. The summed E-state index contributed by atoms with van der Waals surface area (Å²) >= 11 is 0. The van der Waals surface area contributed by atoms with Crippen LogP contribution in [-0.4, -0.2) is 222 Å². The van der Waals surface area contributed by atoms with Crippen LogP contribution in [0, 0.1) is 50.2 Å². The van der Waals surface area contributed by atoms with Gasteiger partial charge in [-0.2, -0.15) is 0 Å². The van der Waals surface area contributed by atoms with Gasteiger partial charge in [0.1, 0.15) is 85.5 Å². The molecule has 0 spiro atoms. The Morgan fingerprint density at radius 3 is 1.88 bits per heavy atom. The van der Waals surface area contributed by atoms with E-state index >= 15 is 0 Å². The molecule has 5 aliphatic carbocycles. The molecular weight excluding hydrogens is 989 g/mol. The van der Waals surface area contributed by atoms with Crippen LogP contribution in [-0.2, 0) is 42.7 Å². The molecule has 28 atom stereocenters. The third kappa shape index (κ3) is 9.40. The minimum Gasteiger partial charge on any atom is -0.481 e. The highest BCUT2D eigenvalue weighted by molar-refractivity contribution is 5.76. The number of fused-ring (bicyclic) bond motifs is 7. The lowest BCUT2D eigenvalue weighted by Gasteiger charge is -2.71. The molecule has 0 aromatic rings. The Morgan fingerprint density at radius 2 is 1.23 bits per heavy atom. The second-order valence-electron chi connectivity index (χ2n) is 25.7. The summed E-state index contributed by atoms with van der Waals surface area (Å²) < 4.78 is 47.8. The second kappa shape index (κ2) is 21.1. The molecule has 4 saturated carbocycles. The number of rotatable bonds is 12. The summed E-state index contributed by atoms with van der Waals surface area (Å²) in [5, 5.41) is 141. The van der Waals surface area contributed by atoms with Gasteiger partial charge in [0.15, 0.2) is 25.2 Å². The van der Waals surface area contributed by atoms with Gasteiger partial charge in [-0.3, -0.25) is 4.79 Å². The summed E-state index contributed by atoms with van der Waals surface area (Å²) in [6.45, 7) is 12.9. The Labute approximate surface area is 437 Å². The van der Waals surface area contributed by atoms with Crippen LogP contribution in [0.15, 0.2) is 11.6 Å². The van der Waals surface area contributed by atoms with Crippen molar-refractivity contribution in [2.75, 3.05) is 26.4 Å². The quantitative estimate of drug-likeness (QED) is 0.0838. The van der Waals surface area contributed by atoms with E-state index in [9.17, 15) is 71.2 Å². The van der Waals surface area contributed by atoms with E-state index in [1.807, 2.05) is 6.92 Å². The lowest BCUT2D eigenvalue weighted by atomic mass is 9.33. The molecule has 17 unspecified atom stereocenters. The average Bonchev–Trinajstić information content (AvgIpc) is 3.44. The van der Waals surface area contributed by atoms with Crippen LogP contribution < -0.4 is 0 Å². The first-order valence-electron chi connectivity index (χ1n) is 27.3. The van der Waals surface area contributed by atoms with E-state index in [0.29, 0.717) is 19.3 Å². The summed E-state index contributed by atoms with van der Waals surface area (Å²) in [4.78, 5) is 13.2. The number of aliphatic hydroxyl groups is 12.